The summed E-state index contributed by atoms with van der Waals surface area (Å²) in [7, 11) is 1.57. The van der Waals surface area contributed by atoms with Gasteiger partial charge in [0.2, 0.25) is 11.9 Å². The number of ether oxygens (including phenoxy) is 2. The molecule has 0 N–H and O–H groups in total. The van der Waals surface area contributed by atoms with Crippen LogP contribution in [0.3, 0.4) is 0 Å². The molecule has 1 aliphatic heterocycles. The molecule has 0 saturated carbocycles. The van der Waals surface area contributed by atoms with Crippen molar-refractivity contribution in [1.82, 2.24) is 14.5 Å². The van der Waals surface area contributed by atoms with Gasteiger partial charge in [-0.15, -0.1) is 0 Å². The molecule has 2 atom stereocenters. The van der Waals surface area contributed by atoms with E-state index in [0.717, 1.165) is 16.6 Å². The van der Waals surface area contributed by atoms with Gasteiger partial charge in [-0.05, 0) is 36.8 Å². The Morgan fingerprint density at radius 1 is 1.17 bits per heavy atom. The average molecular weight is 394 g/mol. The molecule has 0 bridgehead atoms. The number of aromatic nitrogens is 3. The van der Waals surface area contributed by atoms with Gasteiger partial charge in [-0.2, -0.15) is 0 Å². The van der Waals surface area contributed by atoms with E-state index in [2.05, 4.69) is 4.98 Å². The van der Waals surface area contributed by atoms with Crippen molar-refractivity contribution >= 4 is 28.9 Å². The average Bonchev–Trinajstić information content (AvgIpc) is 3.12. The summed E-state index contributed by atoms with van der Waals surface area (Å²) < 4.78 is 12.4. The molecule has 150 valence electrons. The lowest BCUT2D eigenvalue weighted by molar-refractivity contribution is -0.153. The number of pyridine rings is 1. The van der Waals surface area contributed by atoms with Crippen LogP contribution in [0.15, 0.2) is 48.8 Å². The summed E-state index contributed by atoms with van der Waals surface area (Å²) in [5.41, 5.74) is 2.39. The second kappa shape index (κ2) is 8.00. The van der Waals surface area contributed by atoms with E-state index in [1.807, 2.05) is 41.0 Å². The molecule has 3 aromatic rings. The van der Waals surface area contributed by atoms with Crippen molar-refractivity contribution in [2.45, 2.75) is 13.0 Å². The van der Waals surface area contributed by atoms with Crippen molar-refractivity contribution in [3.8, 4) is 0 Å². The van der Waals surface area contributed by atoms with E-state index in [0.29, 0.717) is 12.6 Å². The Morgan fingerprint density at radius 2 is 1.93 bits per heavy atom. The SMILES string of the molecule is CCOC(=O)[C@H]1C(=O)N(CCOC)c2nc3ccccc3n2[C@@H]1c1ccncc1. The van der Waals surface area contributed by atoms with Crippen LogP contribution in [0.25, 0.3) is 11.0 Å². The van der Waals surface area contributed by atoms with Gasteiger partial charge >= 0.3 is 5.97 Å². The number of fused-ring (bicyclic) bond motifs is 3. The summed E-state index contributed by atoms with van der Waals surface area (Å²) in [6, 6.07) is 10.7. The van der Waals surface area contributed by atoms with Gasteiger partial charge in [-0.3, -0.25) is 19.5 Å². The molecular weight excluding hydrogens is 372 g/mol. The zero-order chi connectivity index (χ0) is 20.4. The highest BCUT2D eigenvalue weighted by Gasteiger charge is 2.47. The van der Waals surface area contributed by atoms with Crippen molar-refractivity contribution in [3.63, 3.8) is 0 Å². The molecule has 0 radical (unpaired) electrons. The van der Waals surface area contributed by atoms with Crippen LogP contribution in [0.5, 0.6) is 0 Å². The van der Waals surface area contributed by atoms with Crippen LogP contribution in [0, 0.1) is 5.92 Å². The molecule has 1 amide bonds. The van der Waals surface area contributed by atoms with E-state index in [1.54, 1.807) is 26.4 Å². The fraction of sp³-hybridized carbons (Fsp3) is 0.333. The van der Waals surface area contributed by atoms with Crippen molar-refractivity contribution < 1.29 is 19.1 Å². The van der Waals surface area contributed by atoms with Gasteiger partial charge in [0, 0.05) is 19.5 Å². The van der Waals surface area contributed by atoms with Crippen LogP contribution < -0.4 is 4.90 Å². The number of imidazole rings is 1. The Kier molecular flexibility index (Phi) is 5.26. The Balaban J connectivity index is 1.97. The van der Waals surface area contributed by atoms with Gasteiger partial charge in [0.1, 0.15) is 0 Å². The third kappa shape index (κ3) is 3.25. The minimum atomic E-state index is -1.03. The monoisotopic (exact) mass is 394 g/mol. The zero-order valence-electron chi connectivity index (χ0n) is 16.3. The van der Waals surface area contributed by atoms with Crippen LogP contribution in [0.2, 0.25) is 0 Å². The topological polar surface area (TPSA) is 86.5 Å². The number of amides is 1. The summed E-state index contributed by atoms with van der Waals surface area (Å²) in [4.78, 5) is 36.7. The fourth-order valence-corrected chi connectivity index (χ4v) is 3.80. The first-order chi connectivity index (χ1) is 14.2. The maximum Gasteiger partial charge on any atom is 0.321 e. The molecule has 8 nitrogen and oxygen atoms in total. The molecule has 3 heterocycles. The zero-order valence-corrected chi connectivity index (χ0v) is 16.3. The Bertz CT molecular complexity index is 1030. The predicted octanol–water partition coefficient (Wildman–Crippen LogP) is 2.19. The fourth-order valence-electron chi connectivity index (χ4n) is 3.80. The number of hydrogen-bond acceptors (Lipinski definition) is 6. The number of hydrogen-bond donors (Lipinski definition) is 0. The van der Waals surface area contributed by atoms with Crippen molar-refractivity contribution in [3.05, 3.63) is 54.4 Å². The number of anilines is 1. The number of benzene rings is 1. The number of para-hydroxylation sites is 2. The van der Waals surface area contributed by atoms with Gasteiger partial charge in [0.05, 0.1) is 36.8 Å². The van der Waals surface area contributed by atoms with Gasteiger partial charge in [-0.1, -0.05) is 12.1 Å². The molecule has 0 saturated heterocycles. The number of carbonyl (C=O) groups excluding carboxylic acids is 2. The highest BCUT2D eigenvalue weighted by molar-refractivity contribution is 6.08. The van der Waals surface area contributed by atoms with Gasteiger partial charge in [0.25, 0.3) is 0 Å². The second-order valence-electron chi connectivity index (χ2n) is 6.71. The minimum absolute atomic E-state index is 0.196. The molecule has 0 spiro atoms. The largest absolute Gasteiger partial charge is 0.465 e. The molecule has 2 aromatic heterocycles. The minimum Gasteiger partial charge on any atom is -0.465 e. The molecule has 4 rings (SSSR count). The maximum atomic E-state index is 13.5. The van der Waals surface area contributed by atoms with E-state index in [1.165, 1.54) is 4.90 Å². The van der Waals surface area contributed by atoms with Crippen molar-refractivity contribution in [2.24, 2.45) is 5.92 Å². The van der Waals surface area contributed by atoms with Crippen molar-refractivity contribution in [1.29, 1.82) is 0 Å². The molecule has 29 heavy (non-hydrogen) atoms. The number of nitrogens with zero attached hydrogens (tertiary/aromatic N) is 4. The first-order valence-electron chi connectivity index (χ1n) is 9.51. The van der Waals surface area contributed by atoms with Crippen LogP contribution in [-0.4, -0.2) is 53.3 Å². The second-order valence-corrected chi connectivity index (χ2v) is 6.71. The van der Waals surface area contributed by atoms with Crippen LogP contribution in [-0.2, 0) is 19.1 Å². The summed E-state index contributed by atoms with van der Waals surface area (Å²) >= 11 is 0. The standard InChI is InChI=1S/C21H22N4O4/c1-3-29-20(27)17-18(14-8-10-22-11-9-14)25-16-7-5-4-6-15(16)23-21(25)24(19(17)26)12-13-28-2/h4-11,17-18H,3,12-13H2,1-2H3/t17-,18-/m1/s1. The van der Waals surface area contributed by atoms with Crippen LogP contribution >= 0.6 is 0 Å². The molecule has 1 aliphatic rings. The summed E-state index contributed by atoms with van der Waals surface area (Å²) in [6.07, 6.45) is 3.30. The van der Waals surface area contributed by atoms with Gasteiger partial charge < -0.3 is 14.0 Å². The van der Waals surface area contributed by atoms with Gasteiger partial charge in [0.15, 0.2) is 5.92 Å². The van der Waals surface area contributed by atoms with E-state index < -0.39 is 17.9 Å². The predicted molar refractivity (Wildman–Crippen MR) is 106 cm³/mol. The maximum absolute atomic E-state index is 13.5. The highest BCUT2D eigenvalue weighted by atomic mass is 16.5. The number of methoxy groups -OCH3 is 1. The van der Waals surface area contributed by atoms with E-state index in [9.17, 15) is 9.59 Å². The number of esters is 1. The Labute approximate surface area is 168 Å². The molecule has 0 aliphatic carbocycles. The number of carbonyl (C=O) groups is 2. The van der Waals surface area contributed by atoms with E-state index in [-0.39, 0.29) is 19.1 Å². The molecule has 8 heteroatoms. The van der Waals surface area contributed by atoms with E-state index >= 15 is 0 Å². The normalized spacial score (nSPS) is 18.7. The third-order valence-corrected chi connectivity index (χ3v) is 5.05. The first kappa shape index (κ1) is 19.1. The Morgan fingerprint density at radius 3 is 2.66 bits per heavy atom. The number of rotatable bonds is 6. The van der Waals surface area contributed by atoms with Gasteiger partial charge in [-0.25, -0.2) is 4.98 Å². The summed E-state index contributed by atoms with van der Waals surface area (Å²) in [5, 5.41) is 0. The molecular formula is C21H22N4O4. The van der Waals surface area contributed by atoms with Crippen molar-refractivity contribution in [2.75, 3.05) is 31.8 Å². The summed E-state index contributed by atoms with van der Waals surface area (Å²) in [5.74, 6) is -1.43. The molecule has 1 aromatic carbocycles. The molecule has 0 fully saturated rings. The van der Waals surface area contributed by atoms with Crippen LogP contribution in [0.4, 0.5) is 5.95 Å². The lowest BCUT2D eigenvalue weighted by atomic mass is 9.90. The smallest absolute Gasteiger partial charge is 0.321 e. The third-order valence-electron chi connectivity index (χ3n) is 5.05. The molecule has 0 unspecified atom stereocenters. The summed E-state index contributed by atoms with van der Waals surface area (Å²) in [6.45, 7) is 2.54. The Hall–Kier alpha value is -3.26. The quantitative estimate of drug-likeness (QED) is 0.471. The van der Waals surface area contributed by atoms with E-state index in [4.69, 9.17) is 14.5 Å². The highest BCUT2D eigenvalue weighted by Crippen LogP contribution is 2.40. The first-order valence-corrected chi connectivity index (χ1v) is 9.51. The lowest BCUT2D eigenvalue weighted by Crippen LogP contribution is -2.51. The lowest BCUT2D eigenvalue weighted by Gasteiger charge is -2.37. The van der Waals surface area contributed by atoms with Crippen LogP contribution in [0.1, 0.15) is 18.5 Å².